The van der Waals surface area contributed by atoms with E-state index in [-0.39, 0.29) is 0 Å². The monoisotopic (exact) mass is 350 g/mol. The van der Waals surface area contributed by atoms with Crippen molar-refractivity contribution < 1.29 is 29.2 Å². The lowest BCUT2D eigenvalue weighted by Gasteiger charge is -2.58. The lowest BCUT2D eigenvalue weighted by atomic mass is 9.55. The first-order valence-electron chi connectivity index (χ1n) is 10.2. The van der Waals surface area contributed by atoms with Crippen LogP contribution in [0.15, 0.2) is 0 Å². The molecule has 7 aliphatic rings. The van der Waals surface area contributed by atoms with Crippen LogP contribution < -0.4 is 0 Å². The van der Waals surface area contributed by atoms with E-state index in [9.17, 15) is 10.2 Å². The van der Waals surface area contributed by atoms with Crippen molar-refractivity contribution >= 4 is 0 Å². The average molecular weight is 350 g/mol. The Morgan fingerprint density at radius 3 is 1.72 bits per heavy atom. The molecule has 2 saturated heterocycles. The topological polar surface area (TPSA) is 77.4 Å². The molecule has 2 spiro atoms. The van der Waals surface area contributed by atoms with E-state index < -0.39 is 48.2 Å². The van der Waals surface area contributed by atoms with Gasteiger partial charge >= 0.3 is 0 Å². The molecule has 0 radical (unpaired) electrons. The maximum absolute atomic E-state index is 11.0. The molecule has 6 unspecified atom stereocenters. The Labute approximate surface area is 146 Å². The number of aliphatic hydroxyl groups is 2. The summed E-state index contributed by atoms with van der Waals surface area (Å²) in [5.74, 6) is 1.06. The summed E-state index contributed by atoms with van der Waals surface area (Å²) >= 11 is 0. The predicted octanol–water partition coefficient (Wildman–Crippen LogP) is 0.932. The first-order valence-corrected chi connectivity index (χ1v) is 10.2. The van der Waals surface area contributed by atoms with Crippen molar-refractivity contribution in [3.63, 3.8) is 0 Å². The van der Waals surface area contributed by atoms with Gasteiger partial charge in [-0.1, -0.05) is 0 Å². The molecule has 2 heterocycles. The van der Waals surface area contributed by atoms with Crippen LogP contribution in [0.2, 0.25) is 0 Å². The molecule has 25 heavy (non-hydrogen) atoms. The number of fused-ring (bicyclic) bond motifs is 7. The highest BCUT2D eigenvalue weighted by Crippen LogP contribution is 2.64. The molecule has 5 saturated carbocycles. The van der Waals surface area contributed by atoms with Crippen LogP contribution in [0.5, 0.6) is 0 Å². The van der Waals surface area contributed by atoms with Crippen molar-refractivity contribution in [3.05, 3.63) is 0 Å². The zero-order valence-electron chi connectivity index (χ0n) is 14.3. The van der Waals surface area contributed by atoms with E-state index >= 15 is 0 Å². The minimum Gasteiger partial charge on any atom is -0.387 e. The molecule has 2 aliphatic heterocycles. The second-order valence-electron chi connectivity index (χ2n) is 9.66. The van der Waals surface area contributed by atoms with E-state index in [2.05, 4.69) is 0 Å². The number of hydrogen-bond donors (Lipinski definition) is 2. The molecule has 138 valence electrons. The molecule has 7 rings (SSSR count). The summed E-state index contributed by atoms with van der Waals surface area (Å²) in [6.07, 6.45) is 4.09. The molecule has 0 aromatic rings. The van der Waals surface area contributed by atoms with Gasteiger partial charge in [0.1, 0.15) is 36.6 Å². The summed E-state index contributed by atoms with van der Waals surface area (Å²) < 4.78 is 25.2. The van der Waals surface area contributed by atoms with Crippen molar-refractivity contribution in [2.75, 3.05) is 0 Å². The van der Waals surface area contributed by atoms with Crippen molar-refractivity contribution in [2.24, 2.45) is 23.7 Å². The average Bonchev–Trinajstić information content (AvgIpc) is 3.32. The van der Waals surface area contributed by atoms with Gasteiger partial charge in [0.2, 0.25) is 0 Å². The number of rotatable bonds is 0. The second-order valence-corrected chi connectivity index (χ2v) is 9.66. The zero-order valence-corrected chi connectivity index (χ0v) is 14.3. The van der Waals surface area contributed by atoms with Gasteiger partial charge in [0, 0.05) is 24.7 Å². The van der Waals surface area contributed by atoms with Crippen molar-refractivity contribution in [1.82, 2.24) is 0 Å². The molecule has 6 nitrogen and oxygen atoms in total. The first kappa shape index (κ1) is 14.8. The van der Waals surface area contributed by atoms with Crippen LogP contribution in [0.3, 0.4) is 0 Å². The quantitative estimate of drug-likeness (QED) is 0.677. The Balaban J connectivity index is 1.18. The van der Waals surface area contributed by atoms with Crippen molar-refractivity contribution in [2.45, 2.75) is 93.1 Å². The van der Waals surface area contributed by atoms with Gasteiger partial charge in [-0.05, 0) is 43.9 Å². The minimum atomic E-state index is -0.796. The smallest absolute Gasteiger partial charge is 0.172 e. The number of aliphatic hydroxyl groups excluding tert-OH is 2. The molecule has 2 N–H and O–H groups in total. The number of hydrogen-bond acceptors (Lipinski definition) is 6. The van der Waals surface area contributed by atoms with Gasteiger partial charge < -0.3 is 29.2 Å². The lowest BCUT2D eigenvalue weighted by Crippen LogP contribution is -2.61. The first-order chi connectivity index (χ1) is 12.1. The summed E-state index contributed by atoms with van der Waals surface area (Å²) in [6, 6.07) is 0. The van der Waals surface area contributed by atoms with Crippen LogP contribution in [-0.4, -0.2) is 58.4 Å². The second kappa shape index (κ2) is 4.42. The van der Waals surface area contributed by atoms with Crippen molar-refractivity contribution in [3.8, 4) is 0 Å². The van der Waals surface area contributed by atoms with Crippen LogP contribution in [0.1, 0.15) is 44.9 Å². The van der Waals surface area contributed by atoms with E-state index in [1.807, 2.05) is 0 Å². The van der Waals surface area contributed by atoms with Gasteiger partial charge in [0.05, 0.1) is 0 Å². The van der Waals surface area contributed by atoms with E-state index in [1.54, 1.807) is 0 Å². The third-order valence-electron chi connectivity index (χ3n) is 8.60. The molecule has 6 heteroatoms. The van der Waals surface area contributed by atoms with Gasteiger partial charge in [-0.25, -0.2) is 0 Å². The normalized spacial score (nSPS) is 69.4. The van der Waals surface area contributed by atoms with E-state index in [4.69, 9.17) is 18.9 Å². The molecule has 7 fully saturated rings. The van der Waals surface area contributed by atoms with Gasteiger partial charge in [0.25, 0.3) is 0 Å². The van der Waals surface area contributed by atoms with Gasteiger partial charge in [0.15, 0.2) is 11.6 Å². The van der Waals surface area contributed by atoms with Gasteiger partial charge in [-0.15, -0.1) is 0 Å². The molecule has 0 aromatic carbocycles. The largest absolute Gasteiger partial charge is 0.387 e. The van der Waals surface area contributed by atoms with Crippen LogP contribution in [0.25, 0.3) is 0 Å². The van der Waals surface area contributed by atoms with Crippen molar-refractivity contribution in [1.29, 1.82) is 0 Å². The molecular weight excluding hydrogens is 324 g/mol. The zero-order chi connectivity index (χ0) is 16.6. The highest BCUT2D eigenvalue weighted by molar-refractivity contribution is 5.15. The maximum atomic E-state index is 11.0. The summed E-state index contributed by atoms with van der Waals surface area (Å²) in [5, 5.41) is 22.0. The molecule has 2 bridgehead atoms. The summed E-state index contributed by atoms with van der Waals surface area (Å²) in [5.41, 5.74) is 0. The van der Waals surface area contributed by atoms with Crippen LogP contribution >= 0.6 is 0 Å². The third kappa shape index (κ3) is 1.60. The SMILES string of the molecule is O[C@@H]1[C@H]2OC3(CC4CCC3C4)O[C@H]2[C@@H](O)[C@@H]2OC3(CC4CCC43)O[C@@H]12. The molecule has 12 atom stereocenters. The van der Waals surface area contributed by atoms with Crippen LogP contribution in [-0.2, 0) is 18.9 Å². The highest BCUT2D eigenvalue weighted by Gasteiger charge is 2.72. The fourth-order valence-corrected chi connectivity index (χ4v) is 7.21. The van der Waals surface area contributed by atoms with Crippen LogP contribution in [0, 0.1) is 23.7 Å². The predicted molar refractivity (Wildman–Crippen MR) is 83.2 cm³/mol. The Bertz CT molecular complexity index is 597. The molecule has 0 amide bonds. The Morgan fingerprint density at radius 1 is 0.680 bits per heavy atom. The Morgan fingerprint density at radius 2 is 1.32 bits per heavy atom. The summed E-state index contributed by atoms with van der Waals surface area (Å²) in [4.78, 5) is 0. The van der Waals surface area contributed by atoms with Crippen LogP contribution in [0.4, 0.5) is 0 Å². The van der Waals surface area contributed by atoms with E-state index in [1.165, 1.54) is 12.8 Å². The Kier molecular flexibility index (Phi) is 2.61. The highest BCUT2D eigenvalue weighted by atomic mass is 16.8. The fourth-order valence-electron chi connectivity index (χ4n) is 7.21. The lowest BCUT2D eigenvalue weighted by molar-refractivity contribution is -0.322. The standard InChI is InChI=1S/C19H26O6/c20-12-14-15(23-18(22-14)6-8-1-3-10(18)5-8)13(21)17-16(12)24-19(25-17)7-9-2-4-11(9)19/h8-17,20-21H,1-7H2/t8?,9?,10?,11?,12-,13-,14-,15+,16+,17+,18?,19?/m1/s1. The number of ether oxygens (including phenoxy) is 4. The fraction of sp³-hybridized carbons (Fsp3) is 1.00. The van der Waals surface area contributed by atoms with E-state index in [0.29, 0.717) is 23.7 Å². The summed E-state index contributed by atoms with van der Waals surface area (Å²) in [7, 11) is 0. The van der Waals surface area contributed by atoms with Gasteiger partial charge in [-0.2, -0.15) is 0 Å². The molecular formula is C19H26O6. The Hall–Kier alpha value is -0.240. The van der Waals surface area contributed by atoms with Gasteiger partial charge in [-0.3, -0.25) is 0 Å². The molecule has 0 aromatic heterocycles. The molecule has 5 aliphatic carbocycles. The maximum Gasteiger partial charge on any atom is 0.172 e. The summed E-state index contributed by atoms with van der Waals surface area (Å²) in [6.45, 7) is 0. The minimum absolute atomic E-state index is 0.401. The van der Waals surface area contributed by atoms with E-state index in [0.717, 1.165) is 32.1 Å². The third-order valence-corrected chi connectivity index (χ3v) is 8.60.